The highest BCUT2D eigenvalue weighted by Crippen LogP contribution is 2.44. The van der Waals surface area contributed by atoms with E-state index in [1.54, 1.807) is 0 Å². The molecule has 0 heterocycles. The van der Waals surface area contributed by atoms with Crippen LogP contribution in [0.3, 0.4) is 0 Å². The molecule has 0 N–H and O–H groups in total. The van der Waals surface area contributed by atoms with E-state index in [9.17, 15) is 0 Å². The zero-order chi connectivity index (χ0) is 37.0. The maximum absolute atomic E-state index is 4.19. The van der Waals surface area contributed by atoms with Crippen LogP contribution in [0.4, 0.5) is 0 Å². The van der Waals surface area contributed by atoms with Gasteiger partial charge < -0.3 is 0 Å². The molecule has 5 rings (SSSR count). The Balaban J connectivity index is 2.14. The summed E-state index contributed by atoms with van der Waals surface area (Å²) in [6, 6.07) is 18.5. The van der Waals surface area contributed by atoms with Gasteiger partial charge in [-0.2, -0.15) is 0 Å². The molecule has 0 unspecified atom stereocenters. The molecule has 0 saturated heterocycles. The molecular weight excluding hydrogens is 633 g/mol. The Labute approximate surface area is 306 Å². The highest BCUT2D eigenvalue weighted by atomic mass is 28.3. The summed E-state index contributed by atoms with van der Waals surface area (Å²) in [6.07, 6.45) is 0. The fraction of sp³-hybridized carbons (Fsp3) is 0.458. The van der Waals surface area contributed by atoms with Crippen LogP contribution in [-0.4, -0.2) is 16.1 Å². The van der Waals surface area contributed by atoms with Crippen molar-refractivity contribution in [2.24, 2.45) is 0 Å². The summed E-state index contributed by atoms with van der Waals surface area (Å²) in [5.41, 5.74) is 19.6. The topological polar surface area (TPSA) is 0 Å². The molecule has 0 aliphatic carbocycles. The summed E-state index contributed by atoms with van der Waals surface area (Å²) in [5, 5.41) is 10.2. The van der Waals surface area contributed by atoms with Crippen molar-refractivity contribution in [1.29, 1.82) is 0 Å². The van der Waals surface area contributed by atoms with Gasteiger partial charge in [-0.1, -0.05) is 119 Å². The molecule has 0 atom stereocenters. The van der Waals surface area contributed by atoms with Gasteiger partial charge in [-0.05, 0) is 140 Å². The molecule has 0 amide bonds. The molecule has 0 bridgehead atoms. The maximum Gasteiger partial charge on any atom is 0.146 e. The van der Waals surface area contributed by atoms with Gasteiger partial charge in [0.2, 0.25) is 0 Å². The zero-order valence-electron chi connectivity index (χ0n) is 34.1. The summed E-state index contributed by atoms with van der Waals surface area (Å²) < 4.78 is 0. The largest absolute Gasteiger partial charge is 0.146 e. The number of hydrogen-bond acceptors (Lipinski definition) is 0. The molecule has 0 nitrogen and oxygen atoms in total. The molecule has 0 aliphatic heterocycles. The van der Waals surface area contributed by atoms with Gasteiger partial charge in [-0.15, -0.1) is 11.1 Å². The van der Waals surface area contributed by atoms with Gasteiger partial charge in [0, 0.05) is 21.9 Å². The molecule has 5 aromatic rings. The molecular formula is C48H62Si2. The number of rotatable bonds is 6. The lowest BCUT2D eigenvalue weighted by atomic mass is 9.84. The van der Waals surface area contributed by atoms with E-state index in [2.05, 4.69) is 182 Å². The average molecular weight is 695 g/mol. The molecule has 2 heteroatoms. The average Bonchev–Trinajstić information content (AvgIpc) is 3.04. The Kier molecular flexibility index (Phi) is 10.6. The second-order valence-electron chi connectivity index (χ2n) is 17.2. The van der Waals surface area contributed by atoms with Crippen molar-refractivity contribution in [3.63, 3.8) is 0 Å². The number of hydrogen-bond donors (Lipinski definition) is 0. The smallest absolute Gasteiger partial charge is 0.125 e. The Morgan fingerprint density at radius 2 is 0.800 bits per heavy atom. The lowest BCUT2D eigenvalue weighted by molar-refractivity contribution is 0.838. The Morgan fingerprint density at radius 3 is 1.28 bits per heavy atom. The first-order chi connectivity index (χ1) is 23.4. The summed E-state index contributed by atoms with van der Waals surface area (Å²) in [7, 11) is -4.06. The molecule has 0 spiro atoms. The van der Waals surface area contributed by atoms with Crippen molar-refractivity contribution < 1.29 is 0 Å². The Morgan fingerprint density at radius 1 is 0.400 bits per heavy atom. The van der Waals surface area contributed by atoms with Crippen LogP contribution in [0.25, 0.3) is 43.1 Å². The van der Waals surface area contributed by atoms with Crippen LogP contribution >= 0.6 is 0 Å². The molecule has 0 saturated carbocycles. The third-order valence-electron chi connectivity index (χ3n) is 13.1. The monoisotopic (exact) mass is 694 g/mol. The second kappa shape index (κ2) is 14.0. The summed E-state index contributed by atoms with van der Waals surface area (Å²) in [6.45, 7) is 38.3. The van der Waals surface area contributed by atoms with Crippen molar-refractivity contribution >= 4 is 59.2 Å². The van der Waals surface area contributed by atoms with Gasteiger partial charge >= 0.3 is 0 Å². The predicted octanol–water partition coefficient (Wildman–Crippen LogP) is 14.7. The van der Waals surface area contributed by atoms with E-state index < -0.39 is 16.1 Å². The van der Waals surface area contributed by atoms with Crippen LogP contribution in [0.15, 0.2) is 48.5 Å². The van der Waals surface area contributed by atoms with Crippen molar-refractivity contribution in [2.75, 3.05) is 0 Å². The van der Waals surface area contributed by atoms with Crippen molar-refractivity contribution in [1.82, 2.24) is 0 Å². The minimum atomic E-state index is -2.03. The van der Waals surface area contributed by atoms with Gasteiger partial charge in [0.1, 0.15) is 16.1 Å². The second-order valence-corrected chi connectivity index (χ2v) is 28.4. The van der Waals surface area contributed by atoms with Crippen LogP contribution < -0.4 is 0 Å². The third-order valence-corrected chi connectivity index (χ3v) is 25.7. The first kappa shape index (κ1) is 37.9. The first-order valence-corrected chi connectivity index (χ1v) is 23.8. The Bertz CT molecular complexity index is 2190. The quantitative estimate of drug-likeness (QED) is 0.0943. The standard InChI is InChI=1S/C48H62Si2/c1-29(2)49(30(3)4,31(5)6)23-21-43-46-27-40-20-18-17-19-39(40)25-41(46)26-42-28-45-37(15)35(13)36(14)38(16)47(45)44(48(42)43)22-24-50(32(7)8,33(9)10)34(11)12/h17-20,25-34H,1-16H3. The van der Waals surface area contributed by atoms with Gasteiger partial charge in [0.05, 0.1) is 0 Å². The summed E-state index contributed by atoms with van der Waals surface area (Å²) in [5.74, 6) is 8.16. The maximum atomic E-state index is 4.19. The minimum Gasteiger partial charge on any atom is -0.125 e. The lowest BCUT2D eigenvalue weighted by Crippen LogP contribution is -2.43. The molecule has 0 aromatic heterocycles. The predicted molar refractivity (Wildman–Crippen MR) is 231 cm³/mol. The van der Waals surface area contributed by atoms with E-state index in [0.29, 0.717) is 33.2 Å². The van der Waals surface area contributed by atoms with Gasteiger partial charge in [-0.25, -0.2) is 0 Å². The zero-order valence-corrected chi connectivity index (χ0v) is 36.1. The highest BCUT2D eigenvalue weighted by molar-refractivity contribution is 6.91. The first-order valence-electron chi connectivity index (χ1n) is 19.3. The van der Waals surface area contributed by atoms with E-state index in [0.717, 1.165) is 0 Å². The lowest BCUT2D eigenvalue weighted by Gasteiger charge is -2.38. The van der Waals surface area contributed by atoms with E-state index >= 15 is 0 Å². The molecule has 0 aliphatic rings. The SMILES string of the molecule is Cc1c(C)c(C)c2c(C#C[Si](C(C)C)(C(C)C)C(C)C)c3c(C#C[Si](C(C)C)(C(C)C)C(C)C)c4cc5ccccc5cc4cc3cc2c1C. The fourth-order valence-electron chi connectivity index (χ4n) is 10.1. The molecule has 262 valence electrons. The van der Waals surface area contributed by atoms with Crippen LogP contribution in [0.1, 0.15) is 116 Å². The van der Waals surface area contributed by atoms with Crippen LogP contribution in [0.5, 0.6) is 0 Å². The van der Waals surface area contributed by atoms with Gasteiger partial charge in [-0.3, -0.25) is 0 Å². The van der Waals surface area contributed by atoms with E-state index in [4.69, 9.17) is 0 Å². The molecule has 5 aromatic carbocycles. The van der Waals surface area contributed by atoms with Crippen LogP contribution in [0, 0.1) is 50.6 Å². The number of benzene rings is 5. The fourth-order valence-corrected chi connectivity index (χ4v) is 20.5. The number of fused-ring (bicyclic) bond motifs is 4. The van der Waals surface area contributed by atoms with Crippen LogP contribution in [0.2, 0.25) is 33.2 Å². The van der Waals surface area contributed by atoms with Crippen LogP contribution in [-0.2, 0) is 0 Å². The normalized spacial score (nSPS) is 12.8. The van der Waals surface area contributed by atoms with Crippen molar-refractivity contribution in [3.05, 3.63) is 81.9 Å². The van der Waals surface area contributed by atoms with Crippen molar-refractivity contribution in [3.8, 4) is 22.9 Å². The van der Waals surface area contributed by atoms with E-state index in [1.807, 2.05) is 0 Å². The summed E-state index contributed by atoms with van der Waals surface area (Å²) in [4.78, 5) is 0. The Hall–Kier alpha value is -3.31. The van der Waals surface area contributed by atoms with Crippen molar-refractivity contribution in [2.45, 2.75) is 144 Å². The van der Waals surface area contributed by atoms with E-state index in [1.165, 1.54) is 76.5 Å². The summed E-state index contributed by atoms with van der Waals surface area (Å²) >= 11 is 0. The van der Waals surface area contributed by atoms with Gasteiger partial charge in [0.25, 0.3) is 0 Å². The number of aryl methyl sites for hydroxylation is 2. The third kappa shape index (κ3) is 5.96. The molecule has 0 radical (unpaired) electrons. The molecule has 0 fully saturated rings. The van der Waals surface area contributed by atoms with E-state index in [-0.39, 0.29) is 0 Å². The highest BCUT2D eigenvalue weighted by Gasteiger charge is 2.43. The molecule has 50 heavy (non-hydrogen) atoms. The minimum absolute atomic E-state index is 0.558. The van der Waals surface area contributed by atoms with Gasteiger partial charge in [0.15, 0.2) is 0 Å².